The van der Waals surface area contributed by atoms with Crippen molar-refractivity contribution in [2.75, 3.05) is 24.7 Å². The Bertz CT molecular complexity index is 382. The van der Waals surface area contributed by atoms with Crippen molar-refractivity contribution in [1.82, 2.24) is 9.97 Å². The number of aromatic carboxylic acids is 1. The van der Waals surface area contributed by atoms with E-state index < -0.39 is 5.97 Å². The topological polar surface area (TPSA) is 66.3 Å². The monoisotopic (exact) mass is 241 g/mol. The highest BCUT2D eigenvalue weighted by Gasteiger charge is 2.15. The molecule has 0 aliphatic carbocycles. The number of nitrogens with zero attached hydrogens (tertiary/aromatic N) is 3. The maximum Gasteiger partial charge on any atom is 0.341 e. The molecule has 0 bridgehead atoms. The zero-order valence-corrected chi connectivity index (χ0v) is 10.4. The molecule has 1 aromatic rings. The van der Waals surface area contributed by atoms with Crippen LogP contribution in [0.5, 0.6) is 0 Å². The van der Waals surface area contributed by atoms with Crippen LogP contribution >= 0.6 is 11.8 Å². The van der Waals surface area contributed by atoms with Crippen LogP contribution in [-0.4, -0.2) is 40.9 Å². The summed E-state index contributed by atoms with van der Waals surface area (Å²) in [5.41, 5.74) is 0.130. The number of carbonyl (C=O) groups is 1. The van der Waals surface area contributed by atoms with Crippen LogP contribution in [0.15, 0.2) is 11.4 Å². The van der Waals surface area contributed by atoms with E-state index in [4.69, 9.17) is 5.11 Å². The fourth-order valence-corrected chi connectivity index (χ4v) is 1.78. The standard InChI is InChI=1S/C10H15N3O2S/c1-4-5-16-10-11-6-7(9(14)15)8(12-10)13(2)3/h6H,4-5H2,1-3H3,(H,14,15). The second-order valence-electron chi connectivity index (χ2n) is 3.44. The first-order valence-electron chi connectivity index (χ1n) is 4.96. The first-order valence-corrected chi connectivity index (χ1v) is 5.95. The van der Waals surface area contributed by atoms with E-state index >= 15 is 0 Å². The van der Waals surface area contributed by atoms with Crippen molar-refractivity contribution in [3.63, 3.8) is 0 Å². The third-order valence-electron chi connectivity index (χ3n) is 1.84. The van der Waals surface area contributed by atoms with Gasteiger partial charge in [0, 0.05) is 26.0 Å². The summed E-state index contributed by atoms with van der Waals surface area (Å²) in [7, 11) is 3.53. The normalized spacial score (nSPS) is 10.2. The summed E-state index contributed by atoms with van der Waals surface area (Å²) >= 11 is 1.53. The minimum atomic E-state index is -1.00. The highest BCUT2D eigenvalue weighted by molar-refractivity contribution is 7.99. The number of hydrogen-bond acceptors (Lipinski definition) is 5. The number of rotatable bonds is 5. The van der Waals surface area contributed by atoms with Crippen LogP contribution in [0.25, 0.3) is 0 Å². The van der Waals surface area contributed by atoms with Gasteiger partial charge in [-0.2, -0.15) is 0 Å². The van der Waals surface area contributed by atoms with Gasteiger partial charge in [0.05, 0.1) is 0 Å². The maximum atomic E-state index is 10.9. The zero-order valence-electron chi connectivity index (χ0n) is 9.60. The highest BCUT2D eigenvalue weighted by atomic mass is 32.2. The fourth-order valence-electron chi connectivity index (χ4n) is 1.11. The van der Waals surface area contributed by atoms with Crippen molar-refractivity contribution in [2.24, 2.45) is 0 Å². The molecule has 0 spiro atoms. The molecule has 16 heavy (non-hydrogen) atoms. The van der Waals surface area contributed by atoms with Crippen LogP contribution in [0.3, 0.4) is 0 Å². The molecule has 1 heterocycles. The van der Waals surface area contributed by atoms with Gasteiger partial charge in [0.15, 0.2) is 5.16 Å². The van der Waals surface area contributed by atoms with Gasteiger partial charge in [0.1, 0.15) is 11.4 Å². The molecular weight excluding hydrogens is 226 g/mol. The molecule has 1 N–H and O–H groups in total. The Kier molecular flexibility index (Phi) is 4.54. The molecule has 0 aromatic carbocycles. The van der Waals surface area contributed by atoms with Gasteiger partial charge in [-0.25, -0.2) is 14.8 Å². The largest absolute Gasteiger partial charge is 0.477 e. The highest BCUT2D eigenvalue weighted by Crippen LogP contribution is 2.20. The number of thioether (sulfide) groups is 1. The zero-order chi connectivity index (χ0) is 12.1. The lowest BCUT2D eigenvalue weighted by Crippen LogP contribution is -2.16. The Morgan fingerprint density at radius 2 is 2.25 bits per heavy atom. The number of carboxylic acids is 1. The Labute approximate surface area is 98.9 Å². The van der Waals surface area contributed by atoms with Crippen LogP contribution in [-0.2, 0) is 0 Å². The first-order chi connectivity index (χ1) is 7.56. The van der Waals surface area contributed by atoms with Crippen molar-refractivity contribution < 1.29 is 9.90 Å². The molecule has 0 amide bonds. The second kappa shape index (κ2) is 5.69. The molecule has 88 valence electrons. The van der Waals surface area contributed by atoms with E-state index in [1.807, 2.05) is 0 Å². The summed E-state index contributed by atoms with van der Waals surface area (Å²) < 4.78 is 0. The molecule has 0 atom stereocenters. The lowest BCUT2D eigenvalue weighted by molar-refractivity contribution is 0.0696. The van der Waals surface area contributed by atoms with Gasteiger partial charge in [-0.3, -0.25) is 0 Å². The number of anilines is 1. The summed E-state index contributed by atoms with van der Waals surface area (Å²) in [6, 6.07) is 0. The summed E-state index contributed by atoms with van der Waals surface area (Å²) in [6.07, 6.45) is 2.40. The van der Waals surface area contributed by atoms with Gasteiger partial charge in [0.25, 0.3) is 0 Å². The van der Waals surface area contributed by atoms with Crippen molar-refractivity contribution in [1.29, 1.82) is 0 Å². The average molecular weight is 241 g/mol. The van der Waals surface area contributed by atoms with E-state index in [1.54, 1.807) is 19.0 Å². The third kappa shape index (κ3) is 3.10. The molecule has 1 aromatic heterocycles. The predicted octanol–water partition coefficient (Wildman–Crippen LogP) is 1.74. The van der Waals surface area contributed by atoms with Crippen LogP contribution in [0, 0.1) is 0 Å². The van der Waals surface area contributed by atoms with E-state index in [0.29, 0.717) is 11.0 Å². The Morgan fingerprint density at radius 1 is 1.56 bits per heavy atom. The summed E-state index contributed by atoms with van der Waals surface area (Å²) in [4.78, 5) is 20.9. The Hall–Kier alpha value is -1.30. The Balaban J connectivity index is 3.02. The minimum absolute atomic E-state index is 0.130. The molecule has 0 aliphatic rings. The van der Waals surface area contributed by atoms with Gasteiger partial charge in [-0.1, -0.05) is 18.7 Å². The average Bonchev–Trinajstić information content (AvgIpc) is 2.25. The van der Waals surface area contributed by atoms with E-state index in [-0.39, 0.29) is 5.56 Å². The maximum absolute atomic E-state index is 10.9. The van der Waals surface area contributed by atoms with Gasteiger partial charge >= 0.3 is 5.97 Å². The van der Waals surface area contributed by atoms with E-state index in [2.05, 4.69) is 16.9 Å². The lowest BCUT2D eigenvalue weighted by atomic mass is 10.3. The molecule has 0 unspecified atom stereocenters. The fraction of sp³-hybridized carbons (Fsp3) is 0.500. The summed E-state index contributed by atoms with van der Waals surface area (Å²) in [6.45, 7) is 2.07. The van der Waals surface area contributed by atoms with Crippen LogP contribution < -0.4 is 4.90 Å². The Morgan fingerprint density at radius 3 is 2.75 bits per heavy atom. The molecule has 1 rings (SSSR count). The molecule has 5 nitrogen and oxygen atoms in total. The molecule has 0 saturated carbocycles. The second-order valence-corrected chi connectivity index (χ2v) is 4.50. The molecule has 0 aliphatic heterocycles. The summed E-state index contributed by atoms with van der Waals surface area (Å²) in [5, 5.41) is 9.59. The van der Waals surface area contributed by atoms with Gasteiger partial charge < -0.3 is 10.0 Å². The molecule has 0 radical (unpaired) electrons. The van der Waals surface area contributed by atoms with Crippen molar-refractivity contribution >= 4 is 23.5 Å². The number of hydrogen-bond donors (Lipinski definition) is 1. The van der Waals surface area contributed by atoms with E-state index in [1.165, 1.54) is 18.0 Å². The molecular formula is C10H15N3O2S. The van der Waals surface area contributed by atoms with E-state index in [0.717, 1.165) is 12.2 Å². The summed E-state index contributed by atoms with van der Waals surface area (Å²) in [5.74, 6) is 0.371. The van der Waals surface area contributed by atoms with Gasteiger partial charge in [0.2, 0.25) is 0 Å². The van der Waals surface area contributed by atoms with Crippen LogP contribution in [0.4, 0.5) is 5.82 Å². The SMILES string of the molecule is CCCSc1ncc(C(=O)O)c(N(C)C)n1. The van der Waals surface area contributed by atoms with Crippen molar-refractivity contribution in [2.45, 2.75) is 18.5 Å². The van der Waals surface area contributed by atoms with Gasteiger partial charge in [-0.05, 0) is 6.42 Å². The number of carboxylic acid groups (broad SMARTS) is 1. The number of aromatic nitrogens is 2. The van der Waals surface area contributed by atoms with Gasteiger partial charge in [-0.15, -0.1) is 0 Å². The van der Waals surface area contributed by atoms with Crippen LogP contribution in [0.1, 0.15) is 23.7 Å². The molecule has 0 saturated heterocycles. The van der Waals surface area contributed by atoms with E-state index in [9.17, 15) is 4.79 Å². The third-order valence-corrected chi connectivity index (χ3v) is 2.90. The molecule has 0 fully saturated rings. The lowest BCUT2D eigenvalue weighted by Gasteiger charge is -2.14. The smallest absolute Gasteiger partial charge is 0.341 e. The van der Waals surface area contributed by atoms with Crippen molar-refractivity contribution in [3.8, 4) is 0 Å². The minimum Gasteiger partial charge on any atom is -0.477 e. The first kappa shape index (κ1) is 12.8. The van der Waals surface area contributed by atoms with Crippen LogP contribution in [0.2, 0.25) is 0 Å². The van der Waals surface area contributed by atoms with Crippen molar-refractivity contribution in [3.05, 3.63) is 11.8 Å². The predicted molar refractivity (Wildman–Crippen MR) is 64.3 cm³/mol. The quantitative estimate of drug-likeness (QED) is 0.625. The molecule has 6 heteroatoms.